The van der Waals surface area contributed by atoms with Gasteiger partial charge >= 0.3 is 0 Å². The summed E-state index contributed by atoms with van der Waals surface area (Å²) < 4.78 is 18.9. The lowest BCUT2D eigenvalue weighted by Crippen LogP contribution is -2.51. The summed E-state index contributed by atoms with van der Waals surface area (Å²) >= 11 is 0. The van der Waals surface area contributed by atoms with Crippen molar-refractivity contribution in [1.29, 1.82) is 0 Å². The second kappa shape index (κ2) is 8.46. The molecule has 2 heterocycles. The zero-order valence-corrected chi connectivity index (χ0v) is 15.9. The van der Waals surface area contributed by atoms with E-state index in [4.69, 9.17) is 10.5 Å². The Labute approximate surface area is 164 Å². The maximum absolute atomic E-state index is 13.1. The Balaban J connectivity index is 1.30. The van der Waals surface area contributed by atoms with Gasteiger partial charge in [0.15, 0.2) is 5.96 Å². The topological polar surface area (TPSA) is 67.0 Å². The second-order valence-corrected chi connectivity index (χ2v) is 7.30. The van der Waals surface area contributed by atoms with E-state index in [1.807, 2.05) is 24.3 Å². The summed E-state index contributed by atoms with van der Waals surface area (Å²) in [5.41, 5.74) is 8.28. The maximum atomic E-state index is 13.1. The molecular weight excluding hydrogens is 357 g/mol. The quantitative estimate of drug-likeness (QED) is 0.635. The molecule has 2 N–H and O–H groups in total. The number of halogens is 1. The highest BCUT2D eigenvalue weighted by Crippen LogP contribution is 2.24. The van der Waals surface area contributed by atoms with Crippen molar-refractivity contribution in [2.24, 2.45) is 10.7 Å². The summed E-state index contributed by atoms with van der Waals surface area (Å²) in [5.74, 6) is 1.01. The molecule has 1 aliphatic heterocycles. The van der Waals surface area contributed by atoms with Crippen molar-refractivity contribution in [2.45, 2.75) is 31.9 Å². The van der Waals surface area contributed by atoms with Crippen LogP contribution in [-0.2, 0) is 6.54 Å². The first-order valence-electron chi connectivity index (χ1n) is 9.84. The van der Waals surface area contributed by atoms with Gasteiger partial charge in [0.1, 0.15) is 11.9 Å². The molecule has 28 heavy (non-hydrogen) atoms. The summed E-state index contributed by atoms with van der Waals surface area (Å²) in [5, 5.41) is 0. The van der Waals surface area contributed by atoms with Crippen molar-refractivity contribution in [3.8, 4) is 5.88 Å². The number of rotatable bonds is 5. The summed E-state index contributed by atoms with van der Waals surface area (Å²) in [6.07, 6.45) is 5.53. The second-order valence-electron chi connectivity index (χ2n) is 7.30. The molecule has 148 valence electrons. The van der Waals surface area contributed by atoms with Crippen LogP contribution in [-0.4, -0.2) is 48.1 Å². The van der Waals surface area contributed by atoms with E-state index < -0.39 is 0 Å². The number of nitrogens with two attached hydrogens (primary N) is 1. The third-order valence-electron chi connectivity index (χ3n) is 5.36. The predicted octanol–water partition coefficient (Wildman–Crippen LogP) is 2.79. The molecule has 0 atom stereocenters. The number of aromatic nitrogens is 1. The van der Waals surface area contributed by atoms with Crippen molar-refractivity contribution < 1.29 is 9.13 Å². The lowest BCUT2D eigenvalue weighted by molar-refractivity contribution is 0.114. The van der Waals surface area contributed by atoms with Gasteiger partial charge in [-0.05, 0) is 55.2 Å². The average molecular weight is 383 g/mol. The monoisotopic (exact) mass is 383 g/mol. The number of piperazine rings is 1. The molecule has 2 aliphatic rings. The molecule has 0 spiro atoms. The van der Waals surface area contributed by atoms with Crippen molar-refractivity contribution >= 4 is 11.6 Å². The Morgan fingerprint density at radius 1 is 1.14 bits per heavy atom. The number of anilines is 1. The Morgan fingerprint density at radius 2 is 1.89 bits per heavy atom. The summed E-state index contributed by atoms with van der Waals surface area (Å²) in [7, 11) is 0. The fourth-order valence-corrected chi connectivity index (χ4v) is 3.39. The smallest absolute Gasteiger partial charge is 0.213 e. The summed E-state index contributed by atoms with van der Waals surface area (Å²) in [6.45, 7) is 3.75. The van der Waals surface area contributed by atoms with Crippen LogP contribution >= 0.6 is 0 Å². The van der Waals surface area contributed by atoms with Crippen LogP contribution in [0, 0.1) is 5.82 Å². The van der Waals surface area contributed by atoms with Crippen molar-refractivity contribution in [3.63, 3.8) is 0 Å². The lowest BCUT2D eigenvalue weighted by Gasteiger charge is -2.36. The fraction of sp³-hybridized carbons (Fsp3) is 0.429. The number of aliphatic imine (C=N–C) groups is 1. The molecule has 1 saturated carbocycles. The zero-order valence-electron chi connectivity index (χ0n) is 15.9. The van der Waals surface area contributed by atoms with Crippen LogP contribution in [0.2, 0.25) is 0 Å². The van der Waals surface area contributed by atoms with Gasteiger partial charge in [-0.1, -0.05) is 0 Å². The van der Waals surface area contributed by atoms with Crippen LogP contribution in [0.5, 0.6) is 5.88 Å². The number of hydrogen-bond acceptors (Lipinski definition) is 4. The molecule has 6 nitrogen and oxygen atoms in total. The van der Waals surface area contributed by atoms with Crippen LogP contribution < -0.4 is 15.4 Å². The zero-order chi connectivity index (χ0) is 19.3. The summed E-state index contributed by atoms with van der Waals surface area (Å²) in [4.78, 5) is 13.2. The molecule has 0 amide bonds. The normalized spacial score (nSPS) is 18.1. The van der Waals surface area contributed by atoms with Gasteiger partial charge in [0, 0.05) is 44.1 Å². The van der Waals surface area contributed by atoms with Crippen LogP contribution in [0.1, 0.15) is 24.8 Å². The molecule has 7 heteroatoms. The first-order valence-corrected chi connectivity index (χ1v) is 9.84. The van der Waals surface area contributed by atoms with Gasteiger partial charge < -0.3 is 20.3 Å². The van der Waals surface area contributed by atoms with E-state index in [0.717, 1.165) is 50.3 Å². The van der Waals surface area contributed by atoms with E-state index in [2.05, 4.69) is 19.8 Å². The van der Waals surface area contributed by atoms with Crippen LogP contribution in [0.15, 0.2) is 47.6 Å². The lowest BCUT2D eigenvalue weighted by atomic mass is 9.96. The van der Waals surface area contributed by atoms with Crippen molar-refractivity contribution in [3.05, 3.63) is 54.0 Å². The molecule has 1 aromatic heterocycles. The molecule has 0 bridgehead atoms. The van der Waals surface area contributed by atoms with Gasteiger partial charge in [0.2, 0.25) is 5.88 Å². The van der Waals surface area contributed by atoms with E-state index in [0.29, 0.717) is 24.5 Å². The van der Waals surface area contributed by atoms with Gasteiger partial charge in [-0.2, -0.15) is 0 Å². The number of hydrogen-bond donors (Lipinski definition) is 1. The van der Waals surface area contributed by atoms with Gasteiger partial charge in [0.25, 0.3) is 0 Å². The third-order valence-corrected chi connectivity index (χ3v) is 5.36. The summed E-state index contributed by atoms with van der Waals surface area (Å²) in [6, 6.07) is 10.5. The molecule has 1 saturated heterocycles. The Bertz CT molecular complexity index is 814. The minimum absolute atomic E-state index is 0.212. The van der Waals surface area contributed by atoms with Gasteiger partial charge in [0.05, 0.1) is 6.54 Å². The Kier molecular flexibility index (Phi) is 5.60. The molecule has 0 radical (unpaired) electrons. The van der Waals surface area contributed by atoms with Crippen molar-refractivity contribution in [2.75, 3.05) is 31.1 Å². The van der Waals surface area contributed by atoms with E-state index >= 15 is 0 Å². The standard InChI is InChI=1S/C21H26FN5O/c22-17-4-6-18(7-5-17)26-10-12-27(13-11-26)21(23)25-15-16-8-9-24-20(14-16)28-19-2-1-3-19/h4-9,14,19H,1-3,10-13,15H2,(H2,23,25). The van der Waals surface area contributed by atoms with Crippen LogP contribution in [0.4, 0.5) is 10.1 Å². The first-order chi connectivity index (χ1) is 13.7. The number of benzene rings is 1. The molecular formula is C21H26FN5O. The van der Waals surface area contributed by atoms with Gasteiger partial charge in [-0.3, -0.25) is 0 Å². The maximum Gasteiger partial charge on any atom is 0.213 e. The minimum atomic E-state index is -0.212. The third kappa shape index (κ3) is 4.52. The first kappa shape index (κ1) is 18.5. The fourth-order valence-electron chi connectivity index (χ4n) is 3.39. The van der Waals surface area contributed by atoms with Gasteiger partial charge in [-0.15, -0.1) is 0 Å². The number of guanidine groups is 1. The SMILES string of the molecule is NC(=NCc1ccnc(OC2CCC2)c1)N1CCN(c2ccc(F)cc2)CC1. The minimum Gasteiger partial charge on any atom is -0.474 e. The molecule has 1 aromatic carbocycles. The molecule has 4 rings (SSSR count). The van der Waals surface area contributed by atoms with E-state index in [-0.39, 0.29) is 5.82 Å². The van der Waals surface area contributed by atoms with Gasteiger partial charge in [-0.25, -0.2) is 14.4 Å². The highest BCUT2D eigenvalue weighted by Gasteiger charge is 2.20. The average Bonchev–Trinajstić information content (AvgIpc) is 2.70. The van der Waals surface area contributed by atoms with Crippen LogP contribution in [0.25, 0.3) is 0 Å². The molecule has 1 aliphatic carbocycles. The number of pyridine rings is 1. The predicted molar refractivity (Wildman–Crippen MR) is 108 cm³/mol. The molecule has 0 unspecified atom stereocenters. The Morgan fingerprint density at radius 3 is 2.57 bits per heavy atom. The van der Waals surface area contributed by atoms with E-state index in [1.165, 1.54) is 18.6 Å². The van der Waals surface area contributed by atoms with Crippen LogP contribution in [0.3, 0.4) is 0 Å². The van der Waals surface area contributed by atoms with Crippen molar-refractivity contribution in [1.82, 2.24) is 9.88 Å². The van der Waals surface area contributed by atoms with E-state index in [1.54, 1.807) is 6.20 Å². The molecule has 2 aromatic rings. The van der Waals surface area contributed by atoms with E-state index in [9.17, 15) is 4.39 Å². The highest BCUT2D eigenvalue weighted by molar-refractivity contribution is 5.78. The number of nitrogens with zero attached hydrogens (tertiary/aromatic N) is 4. The Hall–Kier alpha value is -2.83. The number of ether oxygens (including phenoxy) is 1. The molecule has 2 fully saturated rings. The largest absolute Gasteiger partial charge is 0.474 e. The highest BCUT2D eigenvalue weighted by atomic mass is 19.1.